The molecule has 1 aliphatic rings. The summed E-state index contributed by atoms with van der Waals surface area (Å²) in [4.78, 5) is 22.4. The van der Waals surface area contributed by atoms with Gasteiger partial charge >= 0.3 is 31.1 Å². The SMILES string of the molecule is C=CC(=O)N1CCCC(n2nc(-c3cc[c-]cc3)c3c(N)ncnc32)C1.[U+2].[c-]1ccccc1. The summed E-state index contributed by atoms with van der Waals surface area (Å²) in [6.45, 7) is 4.90. The first kappa shape index (κ1) is 24.7. The van der Waals surface area contributed by atoms with Gasteiger partial charge in [0, 0.05) is 13.1 Å². The number of nitrogens with two attached hydrogens (primary N) is 1. The van der Waals surface area contributed by atoms with Gasteiger partial charge in [-0.05, 0) is 18.9 Å². The maximum Gasteiger partial charge on any atom is 2.00 e. The Morgan fingerprint density at radius 2 is 1.85 bits per heavy atom. The van der Waals surface area contributed by atoms with Crippen LogP contribution in [0.5, 0.6) is 0 Å². The third-order valence-corrected chi connectivity index (χ3v) is 5.35. The predicted molar refractivity (Wildman–Crippen MR) is 124 cm³/mol. The molecule has 164 valence electrons. The van der Waals surface area contributed by atoms with E-state index in [0.29, 0.717) is 18.0 Å². The summed E-state index contributed by atoms with van der Waals surface area (Å²) in [5, 5.41) is 5.56. The minimum absolute atomic E-state index is 0. The third-order valence-electron chi connectivity index (χ3n) is 5.35. The topological polar surface area (TPSA) is 89.9 Å². The van der Waals surface area contributed by atoms with Crippen molar-refractivity contribution in [3.8, 4) is 11.3 Å². The molecule has 1 unspecified atom stereocenters. The van der Waals surface area contributed by atoms with Gasteiger partial charge in [0.15, 0.2) is 5.65 Å². The van der Waals surface area contributed by atoms with Crippen LogP contribution in [0.3, 0.4) is 0 Å². The number of piperidine rings is 1. The first-order chi connectivity index (χ1) is 15.7. The van der Waals surface area contributed by atoms with Crippen molar-refractivity contribution in [2.75, 3.05) is 18.8 Å². The zero-order valence-electron chi connectivity index (χ0n) is 18.2. The van der Waals surface area contributed by atoms with Crippen LogP contribution in [0.1, 0.15) is 18.9 Å². The van der Waals surface area contributed by atoms with Crippen molar-refractivity contribution in [1.29, 1.82) is 0 Å². The van der Waals surface area contributed by atoms with Gasteiger partial charge in [-0.25, -0.2) is 14.6 Å². The van der Waals surface area contributed by atoms with E-state index in [9.17, 15) is 4.79 Å². The Balaban J connectivity index is 0.000000382. The Labute approximate surface area is 217 Å². The van der Waals surface area contributed by atoms with Crippen LogP contribution in [0.2, 0.25) is 0 Å². The molecule has 1 atom stereocenters. The number of hydrogen-bond donors (Lipinski definition) is 1. The van der Waals surface area contributed by atoms with Crippen molar-refractivity contribution in [3.05, 3.63) is 85.7 Å². The van der Waals surface area contributed by atoms with Crippen molar-refractivity contribution in [2.24, 2.45) is 0 Å². The molecular formula is C25H24N6OU. The molecule has 1 aliphatic heterocycles. The maximum atomic E-state index is 12.0. The molecule has 5 rings (SSSR count). The van der Waals surface area contributed by atoms with Crippen LogP contribution in [0.25, 0.3) is 22.3 Å². The number of rotatable bonds is 3. The molecule has 1 saturated heterocycles. The zero-order chi connectivity index (χ0) is 22.3. The van der Waals surface area contributed by atoms with E-state index in [4.69, 9.17) is 10.8 Å². The van der Waals surface area contributed by atoms with Gasteiger partial charge in [-0.15, -0.1) is 5.56 Å². The van der Waals surface area contributed by atoms with E-state index in [0.717, 1.165) is 36.0 Å². The van der Waals surface area contributed by atoms with Crippen molar-refractivity contribution < 1.29 is 35.9 Å². The quantitative estimate of drug-likeness (QED) is 0.267. The molecule has 0 aliphatic carbocycles. The van der Waals surface area contributed by atoms with Crippen LogP contribution in [0.15, 0.2) is 73.6 Å². The first-order valence-corrected chi connectivity index (χ1v) is 10.5. The smallest absolute Gasteiger partial charge is 0.383 e. The summed E-state index contributed by atoms with van der Waals surface area (Å²) in [5.74, 6) is 0.345. The summed E-state index contributed by atoms with van der Waals surface area (Å²) in [7, 11) is 0. The maximum absolute atomic E-state index is 12.0. The molecule has 33 heavy (non-hydrogen) atoms. The van der Waals surface area contributed by atoms with E-state index in [2.05, 4.69) is 28.7 Å². The largest absolute Gasteiger partial charge is 2.00 e. The normalized spacial score (nSPS) is 15.2. The van der Waals surface area contributed by atoms with Gasteiger partial charge in [-0.2, -0.15) is 71.8 Å². The molecule has 0 bridgehead atoms. The average Bonchev–Trinajstić information content (AvgIpc) is 3.27. The van der Waals surface area contributed by atoms with Gasteiger partial charge in [0.05, 0.1) is 17.1 Å². The number of likely N-dealkylation sites (tertiary alicyclic amines) is 1. The van der Waals surface area contributed by atoms with Crippen LogP contribution in [-0.4, -0.2) is 43.6 Å². The number of amides is 1. The minimum Gasteiger partial charge on any atom is -0.383 e. The summed E-state index contributed by atoms with van der Waals surface area (Å²) in [6, 6.07) is 23.1. The van der Waals surface area contributed by atoms with E-state index in [-0.39, 0.29) is 43.1 Å². The third kappa shape index (κ3) is 5.70. The van der Waals surface area contributed by atoms with Gasteiger partial charge in [0.2, 0.25) is 5.91 Å². The molecule has 4 aromatic rings. The van der Waals surface area contributed by atoms with Crippen molar-refractivity contribution >= 4 is 22.8 Å². The predicted octanol–water partition coefficient (Wildman–Crippen LogP) is 3.71. The Morgan fingerprint density at radius 3 is 2.48 bits per heavy atom. The molecule has 1 amide bonds. The van der Waals surface area contributed by atoms with Crippen LogP contribution >= 0.6 is 0 Å². The molecule has 1 fully saturated rings. The number of carbonyl (C=O) groups is 1. The fourth-order valence-electron chi connectivity index (χ4n) is 3.82. The average molecular weight is 663 g/mol. The van der Waals surface area contributed by atoms with Crippen molar-refractivity contribution in [3.63, 3.8) is 0 Å². The zero-order valence-corrected chi connectivity index (χ0v) is 22.3. The molecule has 2 aromatic heterocycles. The molecular weight excluding hydrogens is 638 g/mol. The van der Waals surface area contributed by atoms with E-state index >= 15 is 0 Å². The molecule has 3 heterocycles. The van der Waals surface area contributed by atoms with Crippen LogP contribution < -0.4 is 5.73 Å². The molecule has 2 aromatic carbocycles. The van der Waals surface area contributed by atoms with Crippen molar-refractivity contribution in [1.82, 2.24) is 24.6 Å². The van der Waals surface area contributed by atoms with Crippen LogP contribution in [0.4, 0.5) is 5.82 Å². The Kier molecular flexibility index (Phi) is 8.81. The number of hydrogen-bond acceptors (Lipinski definition) is 5. The first-order valence-electron chi connectivity index (χ1n) is 10.5. The number of fused-ring (bicyclic) bond motifs is 1. The van der Waals surface area contributed by atoms with Gasteiger partial charge in [0.25, 0.3) is 0 Å². The van der Waals surface area contributed by atoms with E-state index in [1.54, 1.807) is 4.90 Å². The number of nitrogen functional groups attached to an aromatic ring is 1. The number of benzene rings is 2. The number of anilines is 1. The van der Waals surface area contributed by atoms with Gasteiger partial charge in [-0.3, -0.25) is 4.79 Å². The van der Waals surface area contributed by atoms with Crippen LogP contribution in [0, 0.1) is 43.2 Å². The molecule has 0 spiro atoms. The van der Waals surface area contributed by atoms with Crippen LogP contribution in [-0.2, 0) is 4.79 Å². The second-order valence-electron chi connectivity index (χ2n) is 7.40. The summed E-state index contributed by atoms with van der Waals surface area (Å²) in [5.41, 5.74) is 8.52. The summed E-state index contributed by atoms with van der Waals surface area (Å²) in [6.07, 6.45) is 4.63. The number of carbonyl (C=O) groups excluding carboxylic acids is 1. The molecule has 8 heteroatoms. The van der Waals surface area contributed by atoms with E-state index in [1.165, 1.54) is 12.4 Å². The Hall–Kier alpha value is -2.95. The monoisotopic (exact) mass is 662 g/mol. The second-order valence-corrected chi connectivity index (χ2v) is 7.40. The molecule has 2 N–H and O–H groups in total. The Morgan fingerprint density at radius 1 is 1.12 bits per heavy atom. The number of aromatic nitrogens is 4. The Bertz CT molecular complexity index is 1170. The molecule has 0 radical (unpaired) electrons. The van der Waals surface area contributed by atoms with Crippen molar-refractivity contribution in [2.45, 2.75) is 18.9 Å². The van der Waals surface area contributed by atoms with E-state index in [1.807, 2.05) is 59.3 Å². The van der Waals surface area contributed by atoms with Gasteiger partial charge in [0.1, 0.15) is 12.1 Å². The number of nitrogens with zero attached hydrogens (tertiary/aromatic N) is 5. The second kappa shape index (κ2) is 11.8. The summed E-state index contributed by atoms with van der Waals surface area (Å²) >= 11 is 0. The fourth-order valence-corrected chi connectivity index (χ4v) is 3.82. The minimum atomic E-state index is -0.0564. The fraction of sp³-hybridized carbons (Fsp3) is 0.200. The van der Waals surface area contributed by atoms with Gasteiger partial charge < -0.3 is 10.6 Å². The van der Waals surface area contributed by atoms with E-state index < -0.39 is 0 Å². The molecule has 0 saturated carbocycles. The standard InChI is InChI=1S/C19H19N6O.C6H5.U/c1-2-15(26)24-10-6-9-14(11-24)25-19-16(18(20)21-12-22-19)17(23-25)13-7-4-3-5-8-13;1-2-4-6-5-3-1;/h2,4-5,7-8,12,14H,1,6,9-11H2,(H2,20,21,22);1-5H;/q2*-1;+2. The summed E-state index contributed by atoms with van der Waals surface area (Å²) < 4.78 is 1.89. The van der Waals surface area contributed by atoms with Gasteiger partial charge in [-0.1, -0.05) is 6.58 Å². The molecule has 7 nitrogen and oxygen atoms in total.